The fourth-order valence-corrected chi connectivity index (χ4v) is 5.63. The van der Waals surface area contributed by atoms with Crippen molar-refractivity contribution in [1.82, 2.24) is 19.8 Å². The minimum atomic E-state index is -0.239. The van der Waals surface area contributed by atoms with Crippen molar-refractivity contribution >= 4 is 44.7 Å². The van der Waals surface area contributed by atoms with Gasteiger partial charge in [-0.1, -0.05) is 6.07 Å². The summed E-state index contributed by atoms with van der Waals surface area (Å²) in [4.78, 5) is 45.9. The first-order valence-electron chi connectivity index (χ1n) is 10.2. The van der Waals surface area contributed by atoms with Crippen molar-refractivity contribution in [1.29, 1.82) is 0 Å². The lowest BCUT2D eigenvalue weighted by molar-refractivity contribution is -0.122. The van der Waals surface area contributed by atoms with Crippen molar-refractivity contribution < 1.29 is 14.0 Å². The minimum Gasteiger partial charge on any atom is -0.459 e. The maximum Gasteiger partial charge on any atom is 0.289 e. The summed E-state index contributed by atoms with van der Waals surface area (Å²) in [6.45, 7) is 0.987. The number of furan rings is 1. The summed E-state index contributed by atoms with van der Waals surface area (Å²) < 4.78 is 6.53. The van der Waals surface area contributed by atoms with Gasteiger partial charge in [-0.05, 0) is 36.4 Å². The molecule has 0 saturated carbocycles. The number of thiophene rings is 2. The molecule has 5 rings (SSSR count). The third kappa shape index (κ3) is 3.98. The van der Waals surface area contributed by atoms with E-state index in [-0.39, 0.29) is 30.0 Å². The van der Waals surface area contributed by atoms with E-state index in [1.807, 2.05) is 22.9 Å². The molecule has 4 aromatic rings. The Morgan fingerprint density at radius 3 is 2.75 bits per heavy atom. The normalized spacial score (nSPS) is 14.7. The Labute approximate surface area is 191 Å². The average molecular weight is 469 g/mol. The molecule has 0 aromatic carbocycles. The van der Waals surface area contributed by atoms with Crippen LogP contribution in [0.15, 0.2) is 56.8 Å². The van der Waals surface area contributed by atoms with Crippen molar-refractivity contribution in [3.63, 3.8) is 0 Å². The molecular formula is C22H20N4O4S2. The highest BCUT2D eigenvalue weighted by molar-refractivity contribution is 7.18. The lowest BCUT2D eigenvalue weighted by Gasteiger charge is -2.31. The molecule has 0 spiro atoms. The van der Waals surface area contributed by atoms with Crippen LogP contribution in [-0.2, 0) is 11.3 Å². The molecule has 164 valence electrons. The third-order valence-electron chi connectivity index (χ3n) is 5.54. The number of likely N-dealkylation sites (tertiary alicyclic amines) is 1. The van der Waals surface area contributed by atoms with Gasteiger partial charge in [-0.15, -0.1) is 22.7 Å². The second-order valence-corrected chi connectivity index (χ2v) is 9.40. The van der Waals surface area contributed by atoms with Crippen molar-refractivity contribution in [2.75, 3.05) is 13.1 Å². The average Bonchev–Trinajstić information content (AvgIpc) is 3.57. The zero-order valence-corrected chi connectivity index (χ0v) is 18.7. The van der Waals surface area contributed by atoms with E-state index < -0.39 is 0 Å². The van der Waals surface area contributed by atoms with E-state index in [1.54, 1.807) is 28.4 Å². The van der Waals surface area contributed by atoms with Gasteiger partial charge in [0.2, 0.25) is 5.91 Å². The van der Waals surface area contributed by atoms with Gasteiger partial charge in [-0.25, -0.2) is 4.98 Å². The summed E-state index contributed by atoms with van der Waals surface area (Å²) in [7, 11) is 0. The van der Waals surface area contributed by atoms with Crippen molar-refractivity contribution in [2.45, 2.75) is 25.4 Å². The fourth-order valence-electron chi connectivity index (χ4n) is 3.90. The number of rotatable bonds is 5. The standard InChI is InChI=1S/C22H20N4O4S2/c27-18(24-14-5-7-25(8-6-14)21(28)16-3-1-9-30-16)11-26-13-23-20-19(22(26)29)15(12-32-20)17-4-2-10-31-17/h1-4,9-10,12-14H,5-8,11H2,(H,24,27). The Kier molecular flexibility index (Phi) is 5.62. The summed E-state index contributed by atoms with van der Waals surface area (Å²) in [5.41, 5.74) is 0.648. The number of fused-ring (bicyclic) bond motifs is 1. The van der Waals surface area contributed by atoms with Crippen LogP contribution < -0.4 is 10.9 Å². The summed E-state index contributed by atoms with van der Waals surface area (Å²) in [6, 6.07) is 7.21. The van der Waals surface area contributed by atoms with Crippen LogP contribution in [0.3, 0.4) is 0 Å². The molecule has 0 unspecified atom stereocenters. The Morgan fingerprint density at radius 2 is 2.03 bits per heavy atom. The zero-order valence-electron chi connectivity index (χ0n) is 17.0. The second kappa shape index (κ2) is 8.71. The molecule has 0 bridgehead atoms. The maximum absolute atomic E-state index is 13.1. The van der Waals surface area contributed by atoms with Gasteiger partial charge >= 0.3 is 0 Å². The Hall–Kier alpha value is -3.24. The molecule has 1 saturated heterocycles. The molecule has 1 aliphatic heterocycles. The predicted molar refractivity (Wildman–Crippen MR) is 123 cm³/mol. The smallest absolute Gasteiger partial charge is 0.289 e. The highest BCUT2D eigenvalue weighted by atomic mass is 32.1. The van der Waals surface area contributed by atoms with Crippen molar-refractivity contribution in [3.05, 3.63) is 63.7 Å². The quantitative estimate of drug-likeness (QED) is 0.485. The van der Waals surface area contributed by atoms with E-state index >= 15 is 0 Å². The molecule has 32 heavy (non-hydrogen) atoms. The van der Waals surface area contributed by atoms with Crippen LogP contribution in [0.5, 0.6) is 0 Å². The number of carbonyl (C=O) groups is 2. The monoisotopic (exact) mass is 468 g/mol. The summed E-state index contributed by atoms with van der Waals surface area (Å²) in [5.74, 6) is -0.0509. The Balaban J connectivity index is 1.23. The van der Waals surface area contributed by atoms with Gasteiger partial charge in [0.1, 0.15) is 11.4 Å². The summed E-state index contributed by atoms with van der Waals surface area (Å²) in [5, 5.41) is 7.45. The van der Waals surface area contributed by atoms with Gasteiger partial charge < -0.3 is 14.6 Å². The molecule has 1 aliphatic rings. The topological polar surface area (TPSA) is 97.4 Å². The summed E-state index contributed by atoms with van der Waals surface area (Å²) in [6.07, 6.45) is 4.21. The van der Waals surface area contributed by atoms with E-state index in [0.29, 0.717) is 41.9 Å². The number of nitrogens with one attached hydrogen (secondary N) is 1. The number of carbonyl (C=O) groups excluding carboxylic acids is 2. The van der Waals surface area contributed by atoms with E-state index in [0.717, 1.165) is 10.4 Å². The molecule has 1 fully saturated rings. The number of nitrogens with zero attached hydrogens (tertiary/aromatic N) is 3. The molecule has 5 heterocycles. The van der Waals surface area contributed by atoms with Crippen LogP contribution in [0.25, 0.3) is 20.7 Å². The van der Waals surface area contributed by atoms with Crippen LogP contribution in [-0.4, -0.2) is 45.4 Å². The number of aromatic nitrogens is 2. The Bertz CT molecular complexity index is 1300. The number of hydrogen-bond acceptors (Lipinski definition) is 7. The first-order valence-corrected chi connectivity index (χ1v) is 12.0. The zero-order chi connectivity index (χ0) is 22.1. The van der Waals surface area contributed by atoms with Gasteiger partial charge in [0, 0.05) is 35.0 Å². The molecule has 0 atom stereocenters. The first kappa shape index (κ1) is 20.7. The predicted octanol–water partition coefficient (Wildman–Crippen LogP) is 3.20. The van der Waals surface area contributed by atoms with Crippen LogP contribution in [0, 0.1) is 0 Å². The van der Waals surface area contributed by atoms with Gasteiger partial charge in [0.25, 0.3) is 11.5 Å². The largest absolute Gasteiger partial charge is 0.459 e. The maximum atomic E-state index is 13.1. The van der Waals surface area contributed by atoms with Crippen molar-refractivity contribution in [3.8, 4) is 10.4 Å². The molecule has 8 nitrogen and oxygen atoms in total. The minimum absolute atomic E-state index is 0.0432. The molecular weight excluding hydrogens is 448 g/mol. The molecule has 0 aliphatic carbocycles. The van der Waals surface area contributed by atoms with Gasteiger partial charge in [0.15, 0.2) is 5.76 Å². The molecule has 2 amide bonds. The third-order valence-corrected chi connectivity index (χ3v) is 7.33. The van der Waals surface area contributed by atoms with Crippen LogP contribution in [0.2, 0.25) is 0 Å². The highest BCUT2D eigenvalue weighted by Crippen LogP contribution is 2.33. The van der Waals surface area contributed by atoms with E-state index in [4.69, 9.17) is 4.42 Å². The lowest BCUT2D eigenvalue weighted by Crippen LogP contribution is -2.47. The summed E-state index contributed by atoms with van der Waals surface area (Å²) >= 11 is 2.99. The van der Waals surface area contributed by atoms with Gasteiger partial charge in [-0.3, -0.25) is 19.0 Å². The molecule has 0 radical (unpaired) electrons. The Morgan fingerprint density at radius 1 is 1.19 bits per heavy atom. The van der Waals surface area contributed by atoms with E-state index in [9.17, 15) is 14.4 Å². The van der Waals surface area contributed by atoms with E-state index in [1.165, 1.54) is 28.5 Å². The van der Waals surface area contributed by atoms with Gasteiger partial charge in [-0.2, -0.15) is 0 Å². The molecule has 10 heteroatoms. The highest BCUT2D eigenvalue weighted by Gasteiger charge is 2.26. The first-order chi connectivity index (χ1) is 15.6. The number of hydrogen-bond donors (Lipinski definition) is 1. The van der Waals surface area contributed by atoms with Gasteiger partial charge in [0.05, 0.1) is 18.0 Å². The SMILES string of the molecule is O=C(Cn1cnc2scc(-c3cccs3)c2c1=O)NC1CCN(C(=O)c2ccco2)CC1. The van der Waals surface area contributed by atoms with Crippen molar-refractivity contribution in [2.24, 2.45) is 0 Å². The second-order valence-electron chi connectivity index (χ2n) is 7.60. The van der Waals surface area contributed by atoms with Crippen LogP contribution in [0.4, 0.5) is 0 Å². The number of amides is 2. The lowest BCUT2D eigenvalue weighted by atomic mass is 10.0. The molecule has 4 aromatic heterocycles. The molecule has 1 N–H and O–H groups in total. The van der Waals surface area contributed by atoms with E-state index in [2.05, 4.69) is 10.3 Å². The van der Waals surface area contributed by atoms with Crippen LogP contribution >= 0.6 is 22.7 Å². The number of piperidine rings is 1. The fraction of sp³-hybridized carbons (Fsp3) is 0.273. The van der Waals surface area contributed by atoms with Crippen LogP contribution in [0.1, 0.15) is 23.4 Å².